The number of ether oxygens (including phenoxy) is 2. The molecule has 2 N–H and O–H groups in total. The second kappa shape index (κ2) is 5.83. The molecule has 0 aliphatic heterocycles. The van der Waals surface area contributed by atoms with Gasteiger partial charge in [0.15, 0.2) is 0 Å². The number of benzene rings is 1. The topological polar surface area (TPSA) is 44.5 Å². The standard InChI is InChI=1S/C16H25NO2/c1-16(9-5-4-6-10-16)15(17)13-11-12(18-2)7-8-14(13)19-3/h7-8,11,15H,4-6,9-10,17H2,1-3H3. The first kappa shape index (κ1) is 14.2. The third kappa shape index (κ3) is 2.86. The Hall–Kier alpha value is -1.22. The summed E-state index contributed by atoms with van der Waals surface area (Å²) in [6, 6.07) is 5.87. The highest BCUT2D eigenvalue weighted by Gasteiger charge is 2.35. The first-order valence-electron chi connectivity index (χ1n) is 7.08. The molecule has 0 heterocycles. The van der Waals surface area contributed by atoms with Gasteiger partial charge in [0.05, 0.1) is 14.2 Å². The Balaban J connectivity index is 2.33. The predicted octanol–water partition coefficient (Wildman–Crippen LogP) is 3.67. The summed E-state index contributed by atoms with van der Waals surface area (Å²) in [5, 5.41) is 0. The molecule has 1 aromatic rings. The van der Waals surface area contributed by atoms with E-state index in [1.165, 1.54) is 32.1 Å². The molecule has 0 saturated heterocycles. The highest BCUT2D eigenvalue weighted by Crippen LogP contribution is 2.46. The molecule has 1 aromatic carbocycles. The molecule has 0 radical (unpaired) electrons. The number of nitrogens with two attached hydrogens (primary N) is 1. The van der Waals surface area contributed by atoms with Gasteiger partial charge in [-0.05, 0) is 36.5 Å². The van der Waals surface area contributed by atoms with Gasteiger partial charge in [-0.1, -0.05) is 26.2 Å². The van der Waals surface area contributed by atoms with E-state index in [9.17, 15) is 0 Å². The minimum Gasteiger partial charge on any atom is -0.497 e. The normalized spacial score (nSPS) is 19.8. The molecule has 1 atom stereocenters. The monoisotopic (exact) mass is 263 g/mol. The average molecular weight is 263 g/mol. The van der Waals surface area contributed by atoms with Crippen molar-refractivity contribution >= 4 is 0 Å². The van der Waals surface area contributed by atoms with Crippen molar-refractivity contribution in [3.8, 4) is 11.5 Å². The second-order valence-corrected chi connectivity index (χ2v) is 5.80. The molecule has 106 valence electrons. The molecule has 0 aromatic heterocycles. The fraction of sp³-hybridized carbons (Fsp3) is 0.625. The Morgan fingerprint density at radius 3 is 2.37 bits per heavy atom. The molecule has 3 nitrogen and oxygen atoms in total. The molecule has 1 unspecified atom stereocenters. The fourth-order valence-electron chi connectivity index (χ4n) is 3.13. The smallest absolute Gasteiger partial charge is 0.123 e. The highest BCUT2D eigenvalue weighted by atomic mass is 16.5. The lowest BCUT2D eigenvalue weighted by atomic mass is 9.69. The van der Waals surface area contributed by atoms with Gasteiger partial charge in [-0.15, -0.1) is 0 Å². The lowest BCUT2D eigenvalue weighted by Crippen LogP contribution is -2.34. The third-order valence-corrected chi connectivity index (χ3v) is 4.52. The maximum Gasteiger partial charge on any atom is 0.123 e. The maximum atomic E-state index is 6.57. The van der Waals surface area contributed by atoms with Crippen LogP contribution in [0.25, 0.3) is 0 Å². The van der Waals surface area contributed by atoms with Crippen molar-refractivity contribution in [1.82, 2.24) is 0 Å². The Labute approximate surface area is 116 Å². The van der Waals surface area contributed by atoms with E-state index in [1.807, 2.05) is 18.2 Å². The van der Waals surface area contributed by atoms with Crippen molar-refractivity contribution in [2.75, 3.05) is 14.2 Å². The summed E-state index contributed by atoms with van der Waals surface area (Å²) < 4.78 is 10.8. The zero-order valence-electron chi connectivity index (χ0n) is 12.2. The molecule has 3 heteroatoms. The first-order chi connectivity index (χ1) is 9.10. The summed E-state index contributed by atoms with van der Waals surface area (Å²) in [4.78, 5) is 0. The molecular formula is C16H25NO2. The van der Waals surface area contributed by atoms with E-state index in [0.29, 0.717) is 0 Å². The van der Waals surface area contributed by atoms with Crippen molar-refractivity contribution in [3.63, 3.8) is 0 Å². The minimum absolute atomic E-state index is 0.00199. The third-order valence-electron chi connectivity index (χ3n) is 4.52. The Kier molecular flexibility index (Phi) is 4.35. The van der Waals surface area contributed by atoms with Crippen LogP contribution < -0.4 is 15.2 Å². The van der Waals surface area contributed by atoms with E-state index in [1.54, 1.807) is 14.2 Å². The van der Waals surface area contributed by atoms with Crippen LogP contribution in [0.15, 0.2) is 18.2 Å². The molecule has 19 heavy (non-hydrogen) atoms. The van der Waals surface area contributed by atoms with Crippen molar-refractivity contribution in [2.24, 2.45) is 11.1 Å². The quantitative estimate of drug-likeness (QED) is 0.901. The number of hydrogen-bond donors (Lipinski definition) is 1. The summed E-state index contributed by atoms with van der Waals surface area (Å²) in [6.45, 7) is 2.30. The molecule has 1 saturated carbocycles. The van der Waals surface area contributed by atoms with Crippen LogP contribution in [-0.4, -0.2) is 14.2 Å². The van der Waals surface area contributed by atoms with Crippen molar-refractivity contribution < 1.29 is 9.47 Å². The summed E-state index contributed by atoms with van der Waals surface area (Å²) in [5.74, 6) is 1.70. The zero-order chi connectivity index (χ0) is 13.9. The summed E-state index contributed by atoms with van der Waals surface area (Å²) in [6.07, 6.45) is 6.26. The van der Waals surface area contributed by atoms with Crippen LogP contribution in [0.3, 0.4) is 0 Å². The number of rotatable bonds is 4. The van der Waals surface area contributed by atoms with Gasteiger partial charge in [-0.2, -0.15) is 0 Å². The van der Waals surface area contributed by atoms with E-state index in [2.05, 4.69) is 6.92 Å². The van der Waals surface area contributed by atoms with E-state index < -0.39 is 0 Å². The van der Waals surface area contributed by atoms with Crippen LogP contribution in [0.4, 0.5) is 0 Å². The Morgan fingerprint density at radius 1 is 1.11 bits per heavy atom. The largest absolute Gasteiger partial charge is 0.497 e. The summed E-state index contributed by atoms with van der Waals surface area (Å²) >= 11 is 0. The Bertz CT molecular complexity index is 425. The van der Waals surface area contributed by atoms with Gasteiger partial charge in [0.25, 0.3) is 0 Å². The lowest BCUT2D eigenvalue weighted by molar-refractivity contribution is 0.168. The molecule has 0 amide bonds. The van der Waals surface area contributed by atoms with Crippen LogP contribution >= 0.6 is 0 Å². The second-order valence-electron chi connectivity index (χ2n) is 5.80. The molecule has 2 rings (SSSR count). The van der Waals surface area contributed by atoms with Crippen LogP contribution in [0.2, 0.25) is 0 Å². The van der Waals surface area contributed by atoms with E-state index >= 15 is 0 Å². The maximum absolute atomic E-state index is 6.57. The van der Waals surface area contributed by atoms with E-state index in [0.717, 1.165) is 17.1 Å². The predicted molar refractivity (Wildman–Crippen MR) is 77.7 cm³/mol. The van der Waals surface area contributed by atoms with Gasteiger partial charge >= 0.3 is 0 Å². The fourth-order valence-corrected chi connectivity index (χ4v) is 3.13. The lowest BCUT2D eigenvalue weighted by Gasteiger charge is -2.39. The molecule has 1 aliphatic rings. The average Bonchev–Trinajstić information content (AvgIpc) is 2.46. The van der Waals surface area contributed by atoms with Crippen molar-refractivity contribution in [2.45, 2.75) is 45.1 Å². The molecule has 1 fully saturated rings. The van der Waals surface area contributed by atoms with Gasteiger partial charge in [-0.25, -0.2) is 0 Å². The number of methoxy groups -OCH3 is 2. The molecule has 0 spiro atoms. The van der Waals surface area contributed by atoms with Gasteiger partial charge in [0, 0.05) is 11.6 Å². The zero-order valence-corrected chi connectivity index (χ0v) is 12.2. The van der Waals surface area contributed by atoms with Gasteiger partial charge in [-0.3, -0.25) is 0 Å². The van der Waals surface area contributed by atoms with Crippen LogP contribution in [0.5, 0.6) is 11.5 Å². The Morgan fingerprint density at radius 2 is 1.79 bits per heavy atom. The van der Waals surface area contributed by atoms with Gasteiger partial charge in [0.2, 0.25) is 0 Å². The van der Waals surface area contributed by atoms with Crippen LogP contribution in [0.1, 0.15) is 50.6 Å². The number of hydrogen-bond acceptors (Lipinski definition) is 3. The SMILES string of the molecule is COc1ccc(OC)c(C(N)C2(C)CCCCC2)c1. The summed E-state index contributed by atoms with van der Waals surface area (Å²) in [7, 11) is 3.38. The minimum atomic E-state index is -0.00199. The molecule has 1 aliphatic carbocycles. The van der Waals surface area contributed by atoms with Crippen molar-refractivity contribution in [1.29, 1.82) is 0 Å². The van der Waals surface area contributed by atoms with Gasteiger partial charge < -0.3 is 15.2 Å². The molecular weight excluding hydrogens is 238 g/mol. The van der Waals surface area contributed by atoms with E-state index in [-0.39, 0.29) is 11.5 Å². The van der Waals surface area contributed by atoms with E-state index in [4.69, 9.17) is 15.2 Å². The van der Waals surface area contributed by atoms with Crippen molar-refractivity contribution in [3.05, 3.63) is 23.8 Å². The molecule has 0 bridgehead atoms. The summed E-state index contributed by atoms with van der Waals surface area (Å²) in [5.41, 5.74) is 7.79. The van der Waals surface area contributed by atoms with Gasteiger partial charge in [0.1, 0.15) is 11.5 Å². The highest BCUT2D eigenvalue weighted by molar-refractivity contribution is 5.43. The van der Waals surface area contributed by atoms with Crippen LogP contribution in [0, 0.1) is 5.41 Å². The van der Waals surface area contributed by atoms with Crippen LogP contribution in [-0.2, 0) is 0 Å². The first-order valence-corrected chi connectivity index (χ1v) is 7.08.